The van der Waals surface area contributed by atoms with Crippen molar-refractivity contribution in [1.29, 1.82) is 0 Å². The Morgan fingerprint density at radius 2 is 1.76 bits per heavy atom. The summed E-state index contributed by atoms with van der Waals surface area (Å²) in [5.74, 6) is 0.169. The maximum Gasteiger partial charge on any atom is 0.243 e. The van der Waals surface area contributed by atoms with Crippen LogP contribution in [0.4, 0.5) is 5.69 Å². The van der Waals surface area contributed by atoms with Crippen LogP contribution in [0.1, 0.15) is 11.1 Å². The molecule has 0 atom stereocenters. The van der Waals surface area contributed by atoms with Crippen LogP contribution in [0, 0.1) is 13.8 Å². The van der Waals surface area contributed by atoms with Crippen LogP contribution in [-0.2, 0) is 14.8 Å². The monoisotopic (exact) mass is 362 g/mol. The quantitative estimate of drug-likeness (QED) is 0.857. The van der Waals surface area contributed by atoms with Gasteiger partial charge in [0.05, 0.1) is 18.6 Å². The summed E-state index contributed by atoms with van der Waals surface area (Å²) in [5, 5.41) is 2.76. The number of hydrogen-bond acceptors (Lipinski definition) is 4. The Bertz CT molecular complexity index is 861. The number of anilines is 1. The van der Waals surface area contributed by atoms with Gasteiger partial charge >= 0.3 is 0 Å². The average Bonchev–Trinajstić information content (AvgIpc) is 2.58. The third-order valence-electron chi connectivity index (χ3n) is 3.80. The van der Waals surface area contributed by atoms with Gasteiger partial charge in [-0.05, 0) is 55.3 Å². The highest BCUT2D eigenvalue weighted by Crippen LogP contribution is 2.19. The number of nitrogens with one attached hydrogen (secondary N) is 1. The molecular formula is C18H22N2O4S. The zero-order valence-electron chi connectivity index (χ0n) is 14.7. The lowest BCUT2D eigenvalue weighted by molar-refractivity contribution is -0.116. The molecule has 25 heavy (non-hydrogen) atoms. The second-order valence-electron chi connectivity index (χ2n) is 5.80. The number of amides is 1. The summed E-state index contributed by atoms with van der Waals surface area (Å²) in [6.45, 7) is 3.53. The van der Waals surface area contributed by atoms with Gasteiger partial charge in [0.2, 0.25) is 15.9 Å². The molecule has 2 aromatic rings. The van der Waals surface area contributed by atoms with E-state index < -0.39 is 15.9 Å². The second kappa shape index (κ2) is 7.67. The molecule has 0 bridgehead atoms. The fraction of sp³-hybridized carbons (Fsp3) is 0.278. The third-order valence-corrected chi connectivity index (χ3v) is 5.62. The molecule has 0 saturated carbocycles. The number of aryl methyl sites for hydroxylation is 2. The molecule has 0 saturated heterocycles. The number of benzene rings is 2. The Labute approximate surface area is 148 Å². The maximum atomic E-state index is 12.5. The summed E-state index contributed by atoms with van der Waals surface area (Å²) < 4.78 is 31.1. The molecule has 0 aliphatic carbocycles. The Kier molecular flexibility index (Phi) is 5.81. The van der Waals surface area contributed by atoms with E-state index in [1.54, 1.807) is 12.1 Å². The van der Waals surface area contributed by atoms with E-state index in [0.29, 0.717) is 11.4 Å². The topological polar surface area (TPSA) is 75.7 Å². The van der Waals surface area contributed by atoms with Crippen LogP contribution in [0.25, 0.3) is 0 Å². The van der Waals surface area contributed by atoms with Crippen molar-refractivity contribution in [1.82, 2.24) is 4.31 Å². The van der Waals surface area contributed by atoms with Crippen molar-refractivity contribution >= 4 is 21.6 Å². The molecule has 0 fully saturated rings. The van der Waals surface area contributed by atoms with E-state index in [2.05, 4.69) is 5.32 Å². The number of sulfonamides is 1. The summed E-state index contributed by atoms with van der Waals surface area (Å²) in [6.07, 6.45) is 0. The van der Waals surface area contributed by atoms with Crippen LogP contribution in [-0.4, -0.2) is 39.3 Å². The predicted octanol–water partition coefficient (Wildman–Crippen LogP) is 2.57. The van der Waals surface area contributed by atoms with Crippen LogP contribution in [0.2, 0.25) is 0 Å². The van der Waals surface area contributed by atoms with Crippen molar-refractivity contribution in [2.45, 2.75) is 18.7 Å². The lowest BCUT2D eigenvalue weighted by Crippen LogP contribution is -2.35. The lowest BCUT2D eigenvalue weighted by atomic mass is 10.1. The predicted molar refractivity (Wildman–Crippen MR) is 97.4 cm³/mol. The Morgan fingerprint density at radius 3 is 2.36 bits per heavy atom. The second-order valence-corrected chi connectivity index (χ2v) is 7.85. The Hall–Kier alpha value is -2.38. The highest BCUT2D eigenvalue weighted by molar-refractivity contribution is 7.89. The SMILES string of the molecule is COc1ccc(S(=O)(=O)N(C)CC(=O)Nc2cc(C)ccc2C)cc1. The van der Waals surface area contributed by atoms with E-state index in [1.165, 1.54) is 26.3 Å². The molecule has 0 heterocycles. The summed E-state index contributed by atoms with van der Waals surface area (Å²) in [5.41, 5.74) is 2.61. The first-order chi connectivity index (χ1) is 11.7. The van der Waals surface area contributed by atoms with Gasteiger partial charge in [0.25, 0.3) is 0 Å². The summed E-state index contributed by atoms with van der Waals surface area (Å²) >= 11 is 0. The maximum absolute atomic E-state index is 12.5. The number of hydrogen-bond donors (Lipinski definition) is 1. The minimum atomic E-state index is -3.75. The van der Waals surface area contributed by atoms with Gasteiger partial charge in [-0.2, -0.15) is 4.31 Å². The van der Waals surface area contributed by atoms with E-state index in [1.807, 2.05) is 32.0 Å². The highest BCUT2D eigenvalue weighted by Gasteiger charge is 2.23. The van der Waals surface area contributed by atoms with Crippen LogP contribution in [0.3, 0.4) is 0 Å². The first kappa shape index (κ1) is 19.0. The molecule has 0 aromatic heterocycles. The minimum Gasteiger partial charge on any atom is -0.497 e. The molecule has 1 amide bonds. The normalized spacial score (nSPS) is 11.4. The Morgan fingerprint density at radius 1 is 1.12 bits per heavy atom. The number of ether oxygens (including phenoxy) is 1. The molecule has 0 aliphatic rings. The molecule has 0 radical (unpaired) electrons. The smallest absolute Gasteiger partial charge is 0.243 e. The third kappa shape index (κ3) is 4.58. The van der Waals surface area contributed by atoms with Crippen LogP contribution in [0.5, 0.6) is 5.75 Å². The Balaban J connectivity index is 2.10. The number of methoxy groups -OCH3 is 1. The molecule has 0 spiro atoms. The van der Waals surface area contributed by atoms with Gasteiger partial charge < -0.3 is 10.1 Å². The van der Waals surface area contributed by atoms with Crippen LogP contribution < -0.4 is 10.1 Å². The van der Waals surface area contributed by atoms with Crippen molar-refractivity contribution in [2.75, 3.05) is 26.0 Å². The standard InChI is InChI=1S/C18H22N2O4S/c1-13-5-6-14(2)17(11-13)19-18(21)12-20(3)25(22,23)16-9-7-15(24-4)8-10-16/h5-11H,12H2,1-4H3,(H,19,21). The van der Waals surface area contributed by atoms with E-state index >= 15 is 0 Å². The first-order valence-electron chi connectivity index (χ1n) is 7.71. The molecule has 1 N–H and O–H groups in total. The summed E-state index contributed by atoms with van der Waals surface area (Å²) in [7, 11) is -0.868. The number of rotatable bonds is 6. The minimum absolute atomic E-state index is 0.107. The van der Waals surface area contributed by atoms with E-state index in [-0.39, 0.29) is 11.4 Å². The number of nitrogens with zero attached hydrogens (tertiary/aromatic N) is 1. The highest BCUT2D eigenvalue weighted by atomic mass is 32.2. The van der Waals surface area contributed by atoms with Crippen molar-refractivity contribution < 1.29 is 17.9 Å². The molecule has 6 nitrogen and oxygen atoms in total. The van der Waals surface area contributed by atoms with Crippen LogP contribution >= 0.6 is 0 Å². The summed E-state index contributed by atoms with van der Waals surface area (Å²) in [6, 6.07) is 11.7. The van der Waals surface area contributed by atoms with Gasteiger partial charge in [0.15, 0.2) is 0 Å². The first-order valence-corrected chi connectivity index (χ1v) is 9.15. The number of carbonyl (C=O) groups is 1. The molecule has 0 unspecified atom stereocenters. The van der Waals surface area contributed by atoms with Crippen molar-refractivity contribution in [3.05, 3.63) is 53.6 Å². The van der Waals surface area contributed by atoms with Crippen molar-refractivity contribution in [3.63, 3.8) is 0 Å². The fourth-order valence-corrected chi connectivity index (χ4v) is 3.40. The fourth-order valence-electron chi connectivity index (χ4n) is 2.28. The molecule has 7 heteroatoms. The lowest BCUT2D eigenvalue weighted by Gasteiger charge is -2.17. The van der Waals surface area contributed by atoms with E-state index in [4.69, 9.17) is 4.74 Å². The summed E-state index contributed by atoms with van der Waals surface area (Å²) in [4.78, 5) is 12.3. The molecular weight excluding hydrogens is 340 g/mol. The molecule has 2 aromatic carbocycles. The van der Waals surface area contributed by atoms with Crippen LogP contribution in [0.15, 0.2) is 47.4 Å². The van der Waals surface area contributed by atoms with Gasteiger partial charge in [-0.15, -0.1) is 0 Å². The molecule has 134 valence electrons. The van der Waals surface area contributed by atoms with Gasteiger partial charge in [0, 0.05) is 12.7 Å². The molecule has 2 rings (SSSR count). The largest absolute Gasteiger partial charge is 0.497 e. The van der Waals surface area contributed by atoms with Gasteiger partial charge in [-0.3, -0.25) is 4.79 Å². The van der Waals surface area contributed by atoms with E-state index in [9.17, 15) is 13.2 Å². The zero-order chi connectivity index (χ0) is 18.6. The number of likely N-dealkylation sites (N-methyl/N-ethyl adjacent to an activating group) is 1. The van der Waals surface area contributed by atoms with Gasteiger partial charge in [-0.1, -0.05) is 12.1 Å². The number of carbonyl (C=O) groups excluding carboxylic acids is 1. The molecule has 0 aliphatic heterocycles. The average molecular weight is 362 g/mol. The van der Waals surface area contributed by atoms with Crippen molar-refractivity contribution in [2.24, 2.45) is 0 Å². The van der Waals surface area contributed by atoms with E-state index in [0.717, 1.165) is 15.4 Å². The zero-order valence-corrected chi connectivity index (χ0v) is 15.6. The van der Waals surface area contributed by atoms with Crippen molar-refractivity contribution in [3.8, 4) is 5.75 Å². The van der Waals surface area contributed by atoms with Gasteiger partial charge in [-0.25, -0.2) is 8.42 Å². The van der Waals surface area contributed by atoms with Gasteiger partial charge in [0.1, 0.15) is 5.75 Å².